The summed E-state index contributed by atoms with van der Waals surface area (Å²) in [5, 5.41) is 0. The van der Waals surface area contributed by atoms with Crippen LogP contribution < -0.4 is 9.47 Å². The van der Waals surface area contributed by atoms with E-state index in [1.807, 2.05) is 24.0 Å². The van der Waals surface area contributed by atoms with Crippen LogP contribution in [0.25, 0.3) is 0 Å². The predicted octanol–water partition coefficient (Wildman–Crippen LogP) is 4.60. The second-order valence-corrected chi connectivity index (χ2v) is 7.40. The maximum atomic E-state index is 13.2. The van der Waals surface area contributed by atoms with Crippen LogP contribution in [0.1, 0.15) is 47.7 Å². The van der Waals surface area contributed by atoms with E-state index < -0.39 is 0 Å². The summed E-state index contributed by atoms with van der Waals surface area (Å²) in [6.45, 7) is 5.69. The maximum absolute atomic E-state index is 13.2. The first-order valence-corrected chi connectivity index (χ1v) is 9.62. The number of nitrogens with zero attached hydrogens (tertiary/aromatic N) is 1. The molecule has 1 saturated heterocycles. The van der Waals surface area contributed by atoms with Crippen LogP contribution >= 0.6 is 0 Å². The number of hydrogen-bond acceptors (Lipinski definition) is 3. The number of aryl methyl sites for hydroxylation is 1. The van der Waals surface area contributed by atoms with Gasteiger partial charge in [-0.3, -0.25) is 4.79 Å². The van der Waals surface area contributed by atoms with Gasteiger partial charge in [0.2, 0.25) is 0 Å². The first-order valence-electron chi connectivity index (χ1n) is 9.62. The molecule has 0 spiro atoms. The summed E-state index contributed by atoms with van der Waals surface area (Å²) in [4.78, 5) is 15.2. The standard InChI is InChI=1S/C23H29NO3/c1-5-11-23(19-9-7-6-8-10-19)12-13-24(16-23)22(25)18-14-17(2)21(27-4)20(15-18)26-3/h6-10,14-15H,5,11-13,16H2,1-4H3. The van der Waals surface area contributed by atoms with Gasteiger partial charge in [-0.2, -0.15) is 0 Å². The van der Waals surface area contributed by atoms with Crippen molar-refractivity contribution in [1.82, 2.24) is 4.90 Å². The SMILES string of the molecule is CCCC1(c2ccccc2)CCN(C(=O)c2cc(C)c(OC)c(OC)c2)C1. The number of rotatable bonds is 6. The molecule has 1 atom stereocenters. The molecule has 0 N–H and O–H groups in total. The molecule has 27 heavy (non-hydrogen) atoms. The number of amides is 1. The molecule has 0 aliphatic carbocycles. The zero-order chi connectivity index (χ0) is 19.4. The van der Waals surface area contributed by atoms with Crippen LogP contribution in [0.4, 0.5) is 0 Å². The van der Waals surface area contributed by atoms with Gasteiger partial charge in [-0.1, -0.05) is 43.7 Å². The highest BCUT2D eigenvalue weighted by Gasteiger charge is 2.40. The second kappa shape index (κ2) is 8.03. The molecular weight excluding hydrogens is 338 g/mol. The van der Waals surface area contributed by atoms with Crippen LogP contribution in [0.5, 0.6) is 11.5 Å². The summed E-state index contributed by atoms with van der Waals surface area (Å²) < 4.78 is 10.8. The molecule has 4 heteroatoms. The van der Waals surface area contributed by atoms with Crippen molar-refractivity contribution >= 4 is 5.91 Å². The molecule has 0 radical (unpaired) electrons. The molecule has 1 aliphatic rings. The number of benzene rings is 2. The van der Waals surface area contributed by atoms with Gasteiger partial charge in [-0.25, -0.2) is 0 Å². The van der Waals surface area contributed by atoms with E-state index in [0.29, 0.717) is 17.1 Å². The lowest BCUT2D eigenvalue weighted by atomic mass is 9.76. The molecule has 4 nitrogen and oxygen atoms in total. The molecule has 3 rings (SSSR count). The van der Waals surface area contributed by atoms with Gasteiger partial charge in [0.1, 0.15) is 0 Å². The number of likely N-dealkylation sites (tertiary alicyclic amines) is 1. The third kappa shape index (κ3) is 3.66. The van der Waals surface area contributed by atoms with Crippen molar-refractivity contribution in [3.63, 3.8) is 0 Å². The molecule has 1 amide bonds. The molecule has 1 fully saturated rings. The Morgan fingerprint density at radius 1 is 1.15 bits per heavy atom. The average Bonchev–Trinajstić information content (AvgIpc) is 3.13. The van der Waals surface area contributed by atoms with E-state index in [9.17, 15) is 4.79 Å². The summed E-state index contributed by atoms with van der Waals surface area (Å²) in [6, 6.07) is 14.3. The number of ether oxygens (including phenoxy) is 2. The number of hydrogen-bond donors (Lipinski definition) is 0. The lowest BCUT2D eigenvalue weighted by molar-refractivity contribution is 0.0781. The van der Waals surface area contributed by atoms with Gasteiger partial charge in [0.25, 0.3) is 5.91 Å². The van der Waals surface area contributed by atoms with Gasteiger partial charge in [0.15, 0.2) is 11.5 Å². The minimum absolute atomic E-state index is 0.0528. The quantitative estimate of drug-likeness (QED) is 0.749. The number of carbonyl (C=O) groups excluding carboxylic acids is 1. The zero-order valence-corrected chi connectivity index (χ0v) is 16.7. The van der Waals surface area contributed by atoms with Crippen LogP contribution in [0.2, 0.25) is 0 Å². The van der Waals surface area contributed by atoms with E-state index in [1.54, 1.807) is 20.3 Å². The highest BCUT2D eigenvalue weighted by atomic mass is 16.5. The smallest absolute Gasteiger partial charge is 0.254 e. The summed E-state index contributed by atoms with van der Waals surface area (Å²) in [7, 11) is 3.22. The van der Waals surface area contributed by atoms with Crippen LogP contribution in [-0.2, 0) is 5.41 Å². The minimum Gasteiger partial charge on any atom is -0.493 e. The molecular formula is C23H29NO3. The summed E-state index contributed by atoms with van der Waals surface area (Å²) >= 11 is 0. The summed E-state index contributed by atoms with van der Waals surface area (Å²) in [6.07, 6.45) is 3.20. The van der Waals surface area contributed by atoms with Gasteiger partial charge in [0.05, 0.1) is 14.2 Å². The Morgan fingerprint density at radius 2 is 1.89 bits per heavy atom. The lowest BCUT2D eigenvalue weighted by Crippen LogP contribution is -2.34. The fraction of sp³-hybridized carbons (Fsp3) is 0.435. The molecule has 0 saturated carbocycles. The molecule has 0 aromatic heterocycles. The molecule has 1 aliphatic heterocycles. The van der Waals surface area contributed by atoms with Crippen molar-refractivity contribution in [1.29, 1.82) is 0 Å². The normalized spacial score (nSPS) is 19.2. The Labute approximate surface area is 162 Å². The summed E-state index contributed by atoms with van der Waals surface area (Å²) in [5.41, 5.74) is 2.95. The molecule has 1 unspecified atom stereocenters. The lowest BCUT2D eigenvalue weighted by Gasteiger charge is -2.30. The van der Waals surface area contributed by atoms with E-state index >= 15 is 0 Å². The maximum Gasteiger partial charge on any atom is 0.254 e. The predicted molar refractivity (Wildman–Crippen MR) is 108 cm³/mol. The fourth-order valence-electron chi connectivity index (χ4n) is 4.36. The molecule has 144 valence electrons. The Kier molecular flexibility index (Phi) is 5.73. The second-order valence-electron chi connectivity index (χ2n) is 7.40. The van der Waals surface area contributed by atoms with Crippen molar-refractivity contribution < 1.29 is 14.3 Å². The zero-order valence-electron chi connectivity index (χ0n) is 16.7. The third-order valence-electron chi connectivity index (χ3n) is 5.67. The highest BCUT2D eigenvalue weighted by molar-refractivity contribution is 5.95. The van der Waals surface area contributed by atoms with E-state index in [4.69, 9.17) is 9.47 Å². The Morgan fingerprint density at radius 3 is 2.52 bits per heavy atom. The number of methoxy groups -OCH3 is 2. The van der Waals surface area contributed by atoms with Crippen molar-refractivity contribution in [2.45, 2.75) is 38.5 Å². The van der Waals surface area contributed by atoms with E-state index in [2.05, 4.69) is 31.2 Å². The molecule has 2 aromatic carbocycles. The third-order valence-corrected chi connectivity index (χ3v) is 5.67. The largest absolute Gasteiger partial charge is 0.493 e. The van der Waals surface area contributed by atoms with Crippen molar-refractivity contribution in [3.8, 4) is 11.5 Å². The topological polar surface area (TPSA) is 38.8 Å². The average molecular weight is 367 g/mol. The van der Waals surface area contributed by atoms with Crippen LogP contribution in [0.15, 0.2) is 42.5 Å². The molecule has 2 aromatic rings. The van der Waals surface area contributed by atoms with E-state index in [-0.39, 0.29) is 11.3 Å². The van der Waals surface area contributed by atoms with Gasteiger partial charge in [-0.05, 0) is 43.0 Å². The minimum atomic E-state index is 0.0528. The number of carbonyl (C=O) groups is 1. The Balaban J connectivity index is 1.88. The first-order chi connectivity index (χ1) is 13.0. The van der Waals surface area contributed by atoms with Crippen molar-refractivity contribution in [3.05, 3.63) is 59.2 Å². The highest BCUT2D eigenvalue weighted by Crippen LogP contribution is 2.40. The van der Waals surface area contributed by atoms with Gasteiger partial charge in [0, 0.05) is 24.1 Å². The van der Waals surface area contributed by atoms with E-state index in [0.717, 1.165) is 37.9 Å². The molecule has 0 bridgehead atoms. The fourth-order valence-corrected chi connectivity index (χ4v) is 4.36. The van der Waals surface area contributed by atoms with Crippen LogP contribution in [0.3, 0.4) is 0 Å². The van der Waals surface area contributed by atoms with E-state index in [1.165, 1.54) is 5.56 Å². The van der Waals surface area contributed by atoms with Crippen LogP contribution in [-0.4, -0.2) is 38.1 Å². The van der Waals surface area contributed by atoms with Gasteiger partial charge < -0.3 is 14.4 Å². The van der Waals surface area contributed by atoms with Gasteiger partial charge in [-0.15, -0.1) is 0 Å². The Hall–Kier alpha value is -2.49. The summed E-state index contributed by atoms with van der Waals surface area (Å²) in [5.74, 6) is 1.34. The Bertz CT molecular complexity index is 803. The first kappa shape index (κ1) is 19.3. The van der Waals surface area contributed by atoms with Crippen molar-refractivity contribution in [2.75, 3.05) is 27.3 Å². The van der Waals surface area contributed by atoms with Crippen molar-refractivity contribution in [2.24, 2.45) is 0 Å². The van der Waals surface area contributed by atoms with Crippen LogP contribution in [0, 0.1) is 6.92 Å². The van der Waals surface area contributed by atoms with Gasteiger partial charge >= 0.3 is 0 Å². The molecule has 1 heterocycles. The monoisotopic (exact) mass is 367 g/mol.